The third-order valence-electron chi connectivity index (χ3n) is 3.97. The largest absolute Gasteiger partial charge is 0.507 e. The molecule has 1 atom stereocenters. The number of nitrogens with one attached hydrogen (secondary N) is 1. The van der Waals surface area contributed by atoms with Crippen molar-refractivity contribution < 1.29 is 24.5 Å². The van der Waals surface area contributed by atoms with Gasteiger partial charge in [0.05, 0.1) is 5.69 Å². The second-order valence-corrected chi connectivity index (χ2v) is 5.95. The Morgan fingerprint density at radius 3 is 2.37 bits per heavy atom. The fraction of sp³-hybridized carbons (Fsp3) is 0.100. The van der Waals surface area contributed by atoms with Crippen LogP contribution in [-0.2, 0) is 0 Å². The number of para-hydroxylation sites is 1. The Morgan fingerprint density at radius 2 is 1.78 bits per heavy atom. The molecule has 4 N–H and O–H groups in total. The Kier molecular flexibility index (Phi) is 5.05. The maximum absolute atomic E-state index is 14.3. The maximum Gasteiger partial charge on any atom is 0.354 e. The number of halogens is 1. The minimum atomic E-state index is -1.17. The lowest BCUT2D eigenvalue weighted by atomic mass is 9.97. The topological polar surface area (TPSA) is 103 Å². The molecule has 3 rings (SSSR count). The van der Waals surface area contributed by atoms with E-state index in [-0.39, 0.29) is 17.1 Å². The van der Waals surface area contributed by atoms with Crippen molar-refractivity contribution in [2.45, 2.75) is 13.2 Å². The first kappa shape index (κ1) is 18.3. The fourth-order valence-electron chi connectivity index (χ4n) is 2.75. The van der Waals surface area contributed by atoms with Gasteiger partial charge in [-0.1, -0.05) is 24.3 Å². The molecule has 0 aliphatic rings. The van der Waals surface area contributed by atoms with E-state index in [1.54, 1.807) is 30.3 Å². The van der Waals surface area contributed by atoms with E-state index in [1.165, 1.54) is 31.3 Å². The standard InChI is InChI=1S/C20H17FN2O4/c1-11(24)23-17-6-5-12(9-16(17)21)14-3-2-4-15(19(14)25)13-7-8-22-18(10-13)20(26)27/h2-11,23-25H,1H3,(H,26,27). The lowest BCUT2D eigenvalue weighted by molar-refractivity contribution is 0.0690. The summed E-state index contributed by atoms with van der Waals surface area (Å²) in [7, 11) is 0. The number of pyridine rings is 1. The van der Waals surface area contributed by atoms with Crippen LogP contribution in [0.3, 0.4) is 0 Å². The second kappa shape index (κ2) is 7.43. The number of aromatic carboxylic acids is 1. The third kappa shape index (κ3) is 3.88. The number of aromatic hydroxyl groups is 1. The molecule has 1 heterocycles. The summed E-state index contributed by atoms with van der Waals surface area (Å²) in [6.45, 7) is 1.47. The predicted octanol–water partition coefficient (Wildman–Crippen LogP) is 3.71. The van der Waals surface area contributed by atoms with Gasteiger partial charge in [-0.05, 0) is 42.3 Å². The number of carboxylic acid groups (broad SMARTS) is 1. The molecule has 0 saturated carbocycles. The molecule has 138 valence electrons. The number of nitrogens with zero attached hydrogens (tertiary/aromatic N) is 1. The van der Waals surface area contributed by atoms with Gasteiger partial charge < -0.3 is 20.6 Å². The second-order valence-electron chi connectivity index (χ2n) is 5.95. The van der Waals surface area contributed by atoms with Crippen molar-refractivity contribution >= 4 is 11.7 Å². The molecule has 6 nitrogen and oxygen atoms in total. The number of anilines is 1. The Labute approximate surface area is 154 Å². The number of rotatable bonds is 5. The number of aliphatic hydroxyl groups is 1. The number of phenols is 1. The first-order valence-corrected chi connectivity index (χ1v) is 8.13. The van der Waals surface area contributed by atoms with Crippen LogP contribution in [0.15, 0.2) is 54.7 Å². The van der Waals surface area contributed by atoms with E-state index in [4.69, 9.17) is 5.11 Å². The van der Waals surface area contributed by atoms with Crippen molar-refractivity contribution in [1.29, 1.82) is 0 Å². The lowest BCUT2D eigenvalue weighted by Gasteiger charge is -2.13. The van der Waals surface area contributed by atoms with Crippen LogP contribution < -0.4 is 5.32 Å². The summed E-state index contributed by atoms with van der Waals surface area (Å²) < 4.78 is 14.3. The Hall–Kier alpha value is -3.45. The number of aromatic nitrogens is 1. The average molecular weight is 368 g/mol. The highest BCUT2D eigenvalue weighted by Gasteiger charge is 2.14. The summed E-state index contributed by atoms with van der Waals surface area (Å²) in [6.07, 6.45) is 0.443. The van der Waals surface area contributed by atoms with Gasteiger partial charge in [0.25, 0.3) is 0 Å². The summed E-state index contributed by atoms with van der Waals surface area (Å²) in [4.78, 5) is 14.9. The molecule has 2 aromatic carbocycles. The number of hydrogen-bond acceptors (Lipinski definition) is 5. The molecule has 0 bridgehead atoms. The van der Waals surface area contributed by atoms with Gasteiger partial charge in [-0.15, -0.1) is 0 Å². The highest BCUT2D eigenvalue weighted by Crippen LogP contribution is 2.38. The SMILES string of the molecule is CC(O)Nc1ccc(-c2cccc(-c3ccnc(C(=O)O)c3)c2O)cc1F. The highest BCUT2D eigenvalue weighted by atomic mass is 19.1. The Bertz CT molecular complexity index is 1010. The van der Waals surface area contributed by atoms with Crippen molar-refractivity contribution in [2.75, 3.05) is 5.32 Å². The number of carbonyl (C=O) groups is 1. The predicted molar refractivity (Wildman–Crippen MR) is 99.0 cm³/mol. The van der Waals surface area contributed by atoms with E-state index in [0.717, 1.165) is 0 Å². The Balaban J connectivity index is 2.04. The third-order valence-corrected chi connectivity index (χ3v) is 3.97. The average Bonchev–Trinajstić information content (AvgIpc) is 2.63. The summed E-state index contributed by atoms with van der Waals surface area (Å²) in [5.41, 5.74) is 1.72. The molecule has 1 unspecified atom stereocenters. The minimum Gasteiger partial charge on any atom is -0.507 e. The molecule has 0 fully saturated rings. The summed E-state index contributed by atoms with van der Waals surface area (Å²) >= 11 is 0. The van der Waals surface area contributed by atoms with E-state index in [9.17, 15) is 19.4 Å². The van der Waals surface area contributed by atoms with Crippen LogP contribution in [0.5, 0.6) is 5.75 Å². The van der Waals surface area contributed by atoms with Crippen molar-refractivity contribution in [1.82, 2.24) is 4.98 Å². The molecule has 0 saturated heterocycles. The van der Waals surface area contributed by atoms with Gasteiger partial charge in [-0.3, -0.25) is 0 Å². The summed E-state index contributed by atoms with van der Waals surface area (Å²) in [6, 6.07) is 12.2. The zero-order valence-electron chi connectivity index (χ0n) is 14.3. The molecule has 27 heavy (non-hydrogen) atoms. The van der Waals surface area contributed by atoms with Crippen molar-refractivity contribution in [3.8, 4) is 28.0 Å². The van der Waals surface area contributed by atoms with Crippen LogP contribution in [0.25, 0.3) is 22.3 Å². The van der Waals surface area contributed by atoms with Crippen LogP contribution in [-0.4, -0.2) is 32.5 Å². The Morgan fingerprint density at radius 1 is 1.11 bits per heavy atom. The molecule has 0 spiro atoms. The highest BCUT2D eigenvalue weighted by molar-refractivity contribution is 5.89. The zero-order valence-corrected chi connectivity index (χ0v) is 14.3. The van der Waals surface area contributed by atoms with Crippen LogP contribution in [0, 0.1) is 5.82 Å². The first-order chi connectivity index (χ1) is 12.9. The molecule has 0 amide bonds. The molecule has 1 aromatic heterocycles. The summed E-state index contributed by atoms with van der Waals surface area (Å²) in [5, 5.41) is 31.7. The van der Waals surface area contributed by atoms with Gasteiger partial charge in [0.15, 0.2) is 0 Å². The molecular formula is C20H17FN2O4. The van der Waals surface area contributed by atoms with Crippen molar-refractivity contribution in [3.63, 3.8) is 0 Å². The van der Waals surface area contributed by atoms with Crippen LogP contribution in [0.2, 0.25) is 0 Å². The number of aliphatic hydroxyl groups excluding tert-OH is 1. The lowest BCUT2D eigenvalue weighted by Crippen LogP contribution is -2.14. The van der Waals surface area contributed by atoms with E-state index in [0.29, 0.717) is 22.3 Å². The quantitative estimate of drug-likeness (QED) is 0.512. The van der Waals surface area contributed by atoms with Gasteiger partial charge in [0.2, 0.25) is 0 Å². The van der Waals surface area contributed by atoms with E-state index < -0.39 is 18.0 Å². The maximum atomic E-state index is 14.3. The van der Waals surface area contributed by atoms with Gasteiger partial charge in [-0.25, -0.2) is 14.2 Å². The summed E-state index contributed by atoms with van der Waals surface area (Å²) in [5.74, 6) is -1.85. The normalized spacial score (nSPS) is 11.8. The monoisotopic (exact) mass is 368 g/mol. The van der Waals surface area contributed by atoms with E-state index >= 15 is 0 Å². The zero-order chi connectivity index (χ0) is 19.6. The molecular weight excluding hydrogens is 351 g/mol. The van der Waals surface area contributed by atoms with Gasteiger partial charge in [-0.2, -0.15) is 0 Å². The van der Waals surface area contributed by atoms with Crippen LogP contribution >= 0.6 is 0 Å². The molecule has 7 heteroatoms. The van der Waals surface area contributed by atoms with Gasteiger partial charge in [0.1, 0.15) is 23.5 Å². The van der Waals surface area contributed by atoms with Crippen molar-refractivity contribution in [3.05, 3.63) is 66.2 Å². The smallest absolute Gasteiger partial charge is 0.354 e. The van der Waals surface area contributed by atoms with E-state index in [2.05, 4.69) is 10.3 Å². The van der Waals surface area contributed by atoms with Gasteiger partial charge in [0, 0.05) is 17.3 Å². The van der Waals surface area contributed by atoms with Crippen LogP contribution in [0.4, 0.5) is 10.1 Å². The number of hydrogen-bond donors (Lipinski definition) is 4. The first-order valence-electron chi connectivity index (χ1n) is 8.13. The number of benzene rings is 2. The molecule has 0 aliphatic heterocycles. The van der Waals surface area contributed by atoms with Gasteiger partial charge >= 0.3 is 5.97 Å². The fourth-order valence-corrected chi connectivity index (χ4v) is 2.75. The number of phenolic OH excluding ortho intramolecular Hbond substituents is 1. The molecule has 0 aliphatic carbocycles. The van der Waals surface area contributed by atoms with Crippen LogP contribution in [0.1, 0.15) is 17.4 Å². The molecule has 3 aromatic rings. The number of carboxylic acids is 1. The minimum absolute atomic E-state index is 0.101. The molecule has 0 radical (unpaired) electrons. The van der Waals surface area contributed by atoms with Crippen molar-refractivity contribution in [2.24, 2.45) is 0 Å². The van der Waals surface area contributed by atoms with E-state index in [1.807, 2.05) is 0 Å².